The van der Waals surface area contributed by atoms with Gasteiger partial charge in [0.15, 0.2) is 17.3 Å². The molecular weight excluding hydrogens is 426 g/mol. The summed E-state index contributed by atoms with van der Waals surface area (Å²) in [6.45, 7) is 5.78. The maximum atomic E-state index is 13.2. The fraction of sp³-hybridized carbons (Fsp3) is 0.222. The molecule has 0 bridgehead atoms. The largest absolute Gasteiger partial charge is 0.586 e. The third kappa shape index (κ3) is 4.43. The molecule has 1 aliphatic rings. The molecule has 0 radical (unpaired) electrons. The van der Waals surface area contributed by atoms with Gasteiger partial charge in [-0.25, -0.2) is 9.97 Å². The van der Waals surface area contributed by atoms with Crippen molar-refractivity contribution in [3.63, 3.8) is 0 Å². The summed E-state index contributed by atoms with van der Waals surface area (Å²) in [4.78, 5) is 25.2. The monoisotopic (exact) mass is 440 g/mol. The molecule has 0 saturated carbocycles. The molecule has 1 amide bonds. The van der Waals surface area contributed by atoms with Gasteiger partial charge in [-0.15, -0.1) is 20.1 Å². The van der Waals surface area contributed by atoms with Crippen molar-refractivity contribution >= 4 is 34.7 Å². The molecule has 1 aliphatic heterocycles. The van der Waals surface area contributed by atoms with E-state index in [1.807, 2.05) is 13.8 Å². The number of carbonyl (C=O) groups excluding carboxylic acids is 1. The average Bonchev–Trinajstić information content (AvgIpc) is 3.24. The minimum atomic E-state index is -3.74. The average molecular weight is 441 g/mol. The van der Waals surface area contributed by atoms with Crippen molar-refractivity contribution in [2.45, 2.75) is 27.1 Å². The zero-order valence-corrected chi connectivity index (χ0v) is 17.1. The smallest absolute Gasteiger partial charge is 0.395 e. The molecule has 3 heterocycles. The molecule has 1 aromatic carbocycles. The summed E-state index contributed by atoms with van der Waals surface area (Å²) >= 11 is 7.48. The molecular formula is C18H15ClF2N4O3S. The van der Waals surface area contributed by atoms with E-state index in [2.05, 4.69) is 29.7 Å². The SMILES string of the molecule is CC.Cc1scnc1C(=O)Nc1cnc(-c2cc3c(cc2Cl)OC(F)(F)O3)cn1. The van der Waals surface area contributed by atoms with Crippen molar-refractivity contribution in [1.82, 2.24) is 15.0 Å². The molecule has 0 aliphatic carbocycles. The number of anilines is 1. The van der Waals surface area contributed by atoms with Gasteiger partial charge in [0, 0.05) is 16.5 Å². The Morgan fingerprint density at radius 2 is 1.83 bits per heavy atom. The van der Waals surface area contributed by atoms with E-state index in [1.165, 1.54) is 35.9 Å². The van der Waals surface area contributed by atoms with E-state index in [9.17, 15) is 13.6 Å². The second-order valence-electron chi connectivity index (χ2n) is 5.44. The molecule has 0 unspecified atom stereocenters. The van der Waals surface area contributed by atoms with Crippen LogP contribution in [0.4, 0.5) is 14.6 Å². The van der Waals surface area contributed by atoms with Gasteiger partial charge < -0.3 is 14.8 Å². The van der Waals surface area contributed by atoms with E-state index in [1.54, 1.807) is 12.4 Å². The molecule has 1 N–H and O–H groups in total. The van der Waals surface area contributed by atoms with Gasteiger partial charge in [-0.05, 0) is 13.0 Å². The lowest BCUT2D eigenvalue weighted by atomic mass is 10.1. The van der Waals surface area contributed by atoms with Crippen LogP contribution in [0.15, 0.2) is 30.0 Å². The Bertz CT molecular complexity index is 1040. The van der Waals surface area contributed by atoms with Gasteiger partial charge in [-0.1, -0.05) is 25.4 Å². The number of hydrogen-bond acceptors (Lipinski definition) is 7. The lowest BCUT2D eigenvalue weighted by molar-refractivity contribution is -0.286. The van der Waals surface area contributed by atoms with Crippen molar-refractivity contribution < 1.29 is 23.0 Å². The maximum absolute atomic E-state index is 13.2. The summed E-state index contributed by atoms with van der Waals surface area (Å²) < 4.78 is 35.1. The van der Waals surface area contributed by atoms with Crippen LogP contribution >= 0.6 is 22.9 Å². The second-order valence-corrected chi connectivity index (χ2v) is 6.91. The number of fused-ring (bicyclic) bond motifs is 1. The second kappa shape index (κ2) is 8.26. The summed E-state index contributed by atoms with van der Waals surface area (Å²) in [5.41, 5.74) is 2.52. The van der Waals surface area contributed by atoms with Crippen molar-refractivity contribution in [2.75, 3.05) is 5.32 Å². The number of nitrogens with zero attached hydrogens (tertiary/aromatic N) is 3. The van der Waals surface area contributed by atoms with Gasteiger partial charge in [0.1, 0.15) is 5.69 Å². The number of thiazole rings is 1. The summed E-state index contributed by atoms with van der Waals surface area (Å²) in [7, 11) is 0. The fourth-order valence-electron chi connectivity index (χ4n) is 2.40. The van der Waals surface area contributed by atoms with Crippen LogP contribution in [0.5, 0.6) is 11.5 Å². The fourth-order valence-corrected chi connectivity index (χ4v) is 3.22. The van der Waals surface area contributed by atoms with Gasteiger partial charge in [-0.3, -0.25) is 9.78 Å². The van der Waals surface area contributed by atoms with Crippen molar-refractivity contribution in [3.05, 3.63) is 45.6 Å². The molecule has 7 nitrogen and oxygen atoms in total. The van der Waals surface area contributed by atoms with Crippen LogP contribution in [-0.2, 0) is 0 Å². The zero-order chi connectivity index (χ0) is 21.2. The number of carbonyl (C=O) groups is 1. The normalized spacial score (nSPS) is 13.4. The number of benzene rings is 1. The number of nitrogens with one attached hydrogen (secondary N) is 1. The van der Waals surface area contributed by atoms with E-state index in [0.29, 0.717) is 17.0 Å². The van der Waals surface area contributed by atoms with Crippen LogP contribution in [0.2, 0.25) is 5.02 Å². The number of aryl methyl sites for hydroxylation is 1. The topological polar surface area (TPSA) is 86.2 Å². The van der Waals surface area contributed by atoms with Gasteiger partial charge in [0.2, 0.25) is 0 Å². The minimum absolute atomic E-state index is 0.138. The summed E-state index contributed by atoms with van der Waals surface area (Å²) in [5, 5.41) is 2.72. The van der Waals surface area contributed by atoms with Gasteiger partial charge in [0.25, 0.3) is 5.91 Å². The Labute approximate surface area is 173 Å². The Morgan fingerprint density at radius 3 is 2.41 bits per heavy atom. The van der Waals surface area contributed by atoms with Crippen molar-refractivity contribution in [1.29, 1.82) is 0 Å². The van der Waals surface area contributed by atoms with Crippen LogP contribution in [0.3, 0.4) is 0 Å². The highest BCUT2D eigenvalue weighted by Crippen LogP contribution is 2.45. The van der Waals surface area contributed by atoms with E-state index in [-0.39, 0.29) is 22.3 Å². The molecule has 0 saturated heterocycles. The standard InChI is InChI=1S/C16H9ClF2N4O3S.C2H6/c1-7-14(22-6-27-7)15(24)23-13-5-20-10(4-21-13)8-2-11-12(3-9(8)17)26-16(18,19)25-11;1-2/h2-6H,1H3,(H,21,23,24);1-2H3. The van der Waals surface area contributed by atoms with E-state index in [4.69, 9.17) is 11.6 Å². The van der Waals surface area contributed by atoms with E-state index in [0.717, 1.165) is 4.88 Å². The molecule has 29 heavy (non-hydrogen) atoms. The summed E-state index contributed by atoms with van der Waals surface area (Å²) in [5.74, 6) is -0.513. The minimum Gasteiger partial charge on any atom is -0.395 e. The third-order valence-electron chi connectivity index (χ3n) is 3.62. The van der Waals surface area contributed by atoms with Crippen molar-refractivity contribution in [2.24, 2.45) is 0 Å². The Balaban J connectivity index is 0.00000117. The predicted octanol–water partition coefficient (Wildman–Crippen LogP) is 5.16. The Hall–Kier alpha value is -2.85. The predicted molar refractivity (Wildman–Crippen MR) is 105 cm³/mol. The molecule has 11 heteroatoms. The molecule has 0 atom stereocenters. The van der Waals surface area contributed by atoms with Crippen LogP contribution in [0.25, 0.3) is 11.3 Å². The van der Waals surface area contributed by atoms with Gasteiger partial charge >= 0.3 is 6.29 Å². The first-order valence-corrected chi connectivity index (χ1v) is 9.71. The molecule has 0 spiro atoms. The number of alkyl halides is 2. The lowest BCUT2D eigenvalue weighted by Crippen LogP contribution is -2.25. The van der Waals surface area contributed by atoms with E-state index >= 15 is 0 Å². The van der Waals surface area contributed by atoms with Crippen LogP contribution in [-0.4, -0.2) is 27.2 Å². The van der Waals surface area contributed by atoms with Crippen LogP contribution < -0.4 is 14.8 Å². The maximum Gasteiger partial charge on any atom is 0.586 e. The number of halogens is 3. The number of ether oxygens (including phenoxy) is 2. The third-order valence-corrected chi connectivity index (χ3v) is 4.69. The molecule has 0 fully saturated rings. The molecule has 152 valence electrons. The first-order chi connectivity index (χ1) is 13.8. The quantitative estimate of drug-likeness (QED) is 0.605. The molecule has 4 rings (SSSR count). The van der Waals surface area contributed by atoms with Gasteiger partial charge in [-0.2, -0.15) is 0 Å². The number of amides is 1. The van der Waals surface area contributed by atoms with Crippen molar-refractivity contribution in [3.8, 4) is 22.8 Å². The highest BCUT2D eigenvalue weighted by molar-refractivity contribution is 7.09. The first-order valence-electron chi connectivity index (χ1n) is 8.45. The van der Waals surface area contributed by atoms with Gasteiger partial charge in [0.05, 0.1) is 28.6 Å². The Morgan fingerprint density at radius 1 is 1.14 bits per heavy atom. The highest BCUT2D eigenvalue weighted by atomic mass is 35.5. The van der Waals surface area contributed by atoms with Crippen LogP contribution in [0, 0.1) is 6.92 Å². The summed E-state index contributed by atoms with van der Waals surface area (Å²) in [6, 6.07) is 2.51. The number of rotatable bonds is 3. The molecule has 3 aromatic rings. The van der Waals surface area contributed by atoms with E-state index < -0.39 is 12.2 Å². The first kappa shape index (κ1) is 20.9. The zero-order valence-electron chi connectivity index (χ0n) is 15.5. The highest BCUT2D eigenvalue weighted by Gasteiger charge is 2.43. The number of hydrogen-bond donors (Lipinski definition) is 1. The molecule has 2 aromatic heterocycles. The Kier molecular flexibility index (Phi) is 5.94. The number of aromatic nitrogens is 3. The summed E-state index contributed by atoms with van der Waals surface area (Å²) in [6.07, 6.45) is -1.06. The lowest BCUT2D eigenvalue weighted by Gasteiger charge is -2.07. The van der Waals surface area contributed by atoms with Crippen LogP contribution in [0.1, 0.15) is 29.2 Å².